The van der Waals surface area contributed by atoms with E-state index < -0.39 is 11.6 Å². The lowest BCUT2D eigenvalue weighted by molar-refractivity contribution is 0.0974. The van der Waals surface area contributed by atoms with Gasteiger partial charge in [-0.15, -0.1) is 0 Å². The number of ketones is 2. The minimum Gasteiger partial charge on any atom is -0.507 e. The number of phenolic OH excluding ortho intramolecular Hbond substituents is 2. The fourth-order valence-corrected chi connectivity index (χ4v) is 3.55. The van der Waals surface area contributed by atoms with Gasteiger partial charge >= 0.3 is 0 Å². The van der Waals surface area contributed by atoms with Crippen molar-refractivity contribution in [3.63, 3.8) is 0 Å². The van der Waals surface area contributed by atoms with Crippen LogP contribution in [0.5, 0.6) is 17.2 Å². The van der Waals surface area contributed by atoms with Crippen molar-refractivity contribution in [3.8, 4) is 28.4 Å². The molecule has 1 aliphatic rings. The Balaban J connectivity index is 1.74. The Morgan fingerprint density at radius 3 is 2.17 bits per heavy atom. The van der Waals surface area contributed by atoms with Gasteiger partial charge in [-0.1, -0.05) is 37.6 Å². The minimum absolute atomic E-state index is 0.0225. The lowest BCUT2D eigenvalue weighted by atomic mass is 9.81. The molecule has 0 saturated carbocycles. The van der Waals surface area contributed by atoms with Crippen molar-refractivity contribution >= 4 is 11.6 Å². The fraction of sp³-hybridized carbons (Fsp3) is 0.167. The molecule has 0 unspecified atom stereocenters. The summed E-state index contributed by atoms with van der Waals surface area (Å²) in [4.78, 5) is 25.8. The van der Waals surface area contributed by atoms with Gasteiger partial charge < -0.3 is 14.9 Å². The SMILES string of the molecule is CCCCOc1ccc(-c2ccc3c(c2O)C(=O)c2cccc(O)c2C3=O)cc1. The van der Waals surface area contributed by atoms with Crippen molar-refractivity contribution in [1.29, 1.82) is 0 Å². The van der Waals surface area contributed by atoms with Gasteiger partial charge in [0.15, 0.2) is 11.6 Å². The van der Waals surface area contributed by atoms with Gasteiger partial charge in [-0.2, -0.15) is 0 Å². The average molecular weight is 388 g/mol. The van der Waals surface area contributed by atoms with Crippen molar-refractivity contribution < 1.29 is 24.5 Å². The van der Waals surface area contributed by atoms with Crippen LogP contribution in [0.25, 0.3) is 11.1 Å². The van der Waals surface area contributed by atoms with Crippen LogP contribution >= 0.6 is 0 Å². The highest BCUT2D eigenvalue weighted by atomic mass is 16.5. The highest BCUT2D eigenvalue weighted by molar-refractivity contribution is 6.30. The molecule has 0 bridgehead atoms. The highest BCUT2D eigenvalue weighted by Gasteiger charge is 2.34. The van der Waals surface area contributed by atoms with Gasteiger partial charge in [0.2, 0.25) is 0 Å². The van der Waals surface area contributed by atoms with E-state index >= 15 is 0 Å². The first-order valence-corrected chi connectivity index (χ1v) is 9.53. The summed E-state index contributed by atoms with van der Waals surface area (Å²) < 4.78 is 5.65. The van der Waals surface area contributed by atoms with Gasteiger partial charge in [-0.25, -0.2) is 0 Å². The lowest BCUT2D eigenvalue weighted by Crippen LogP contribution is -2.21. The van der Waals surface area contributed by atoms with Crippen LogP contribution in [0.4, 0.5) is 0 Å². The topological polar surface area (TPSA) is 83.8 Å². The smallest absolute Gasteiger partial charge is 0.198 e. The van der Waals surface area contributed by atoms with Gasteiger partial charge in [0.1, 0.15) is 17.2 Å². The summed E-state index contributed by atoms with van der Waals surface area (Å²) in [7, 11) is 0. The molecular weight excluding hydrogens is 368 g/mol. The van der Waals surface area contributed by atoms with Gasteiger partial charge in [0, 0.05) is 16.7 Å². The first-order chi connectivity index (χ1) is 14.0. The van der Waals surface area contributed by atoms with E-state index in [0.29, 0.717) is 17.7 Å². The first-order valence-electron chi connectivity index (χ1n) is 9.53. The fourth-order valence-electron chi connectivity index (χ4n) is 3.55. The summed E-state index contributed by atoms with van der Waals surface area (Å²) in [5.41, 5.74) is 1.28. The van der Waals surface area contributed by atoms with Gasteiger partial charge in [0.05, 0.1) is 17.7 Å². The van der Waals surface area contributed by atoms with Crippen LogP contribution in [-0.4, -0.2) is 28.4 Å². The summed E-state index contributed by atoms with van der Waals surface area (Å²) in [6.45, 7) is 2.74. The number of rotatable bonds is 5. The van der Waals surface area contributed by atoms with Gasteiger partial charge in [0.25, 0.3) is 0 Å². The molecule has 146 valence electrons. The molecule has 3 aromatic carbocycles. The quantitative estimate of drug-likeness (QED) is 0.483. The van der Waals surface area contributed by atoms with E-state index in [4.69, 9.17) is 4.74 Å². The Labute approximate surface area is 168 Å². The lowest BCUT2D eigenvalue weighted by Gasteiger charge is -2.20. The molecular formula is C24H20O5. The third-order valence-corrected chi connectivity index (χ3v) is 5.10. The Morgan fingerprint density at radius 1 is 0.793 bits per heavy atom. The Morgan fingerprint density at radius 2 is 1.45 bits per heavy atom. The molecule has 0 aromatic heterocycles. The van der Waals surface area contributed by atoms with E-state index in [9.17, 15) is 19.8 Å². The molecule has 4 rings (SSSR count). The van der Waals surface area contributed by atoms with Crippen molar-refractivity contribution in [2.24, 2.45) is 0 Å². The first kappa shape index (κ1) is 18.7. The largest absolute Gasteiger partial charge is 0.507 e. The summed E-state index contributed by atoms with van der Waals surface area (Å²) in [6.07, 6.45) is 2.02. The maximum absolute atomic E-state index is 13.0. The molecule has 0 fully saturated rings. The number of fused-ring (bicyclic) bond motifs is 2. The summed E-state index contributed by atoms with van der Waals surface area (Å²) >= 11 is 0. The highest BCUT2D eigenvalue weighted by Crippen LogP contribution is 2.41. The zero-order valence-corrected chi connectivity index (χ0v) is 15.9. The molecule has 1 aliphatic carbocycles. The van der Waals surface area contributed by atoms with Gasteiger partial charge in [-0.3, -0.25) is 9.59 Å². The number of carbonyl (C=O) groups is 2. The van der Waals surface area contributed by atoms with E-state index in [1.807, 2.05) is 12.1 Å². The van der Waals surface area contributed by atoms with Crippen LogP contribution in [0.2, 0.25) is 0 Å². The number of aromatic hydroxyl groups is 2. The van der Waals surface area contributed by atoms with Crippen LogP contribution < -0.4 is 4.74 Å². The van der Waals surface area contributed by atoms with Crippen LogP contribution in [0.15, 0.2) is 54.6 Å². The number of benzene rings is 3. The molecule has 5 nitrogen and oxygen atoms in total. The molecule has 0 atom stereocenters. The average Bonchev–Trinajstić information content (AvgIpc) is 2.72. The predicted molar refractivity (Wildman–Crippen MR) is 109 cm³/mol. The monoisotopic (exact) mass is 388 g/mol. The Kier molecular flexibility index (Phi) is 4.80. The Hall–Kier alpha value is -3.60. The van der Waals surface area contributed by atoms with Crippen LogP contribution in [-0.2, 0) is 0 Å². The van der Waals surface area contributed by atoms with Crippen LogP contribution in [0, 0.1) is 0 Å². The molecule has 0 amide bonds. The number of hydrogen-bond acceptors (Lipinski definition) is 5. The molecule has 0 saturated heterocycles. The third-order valence-electron chi connectivity index (χ3n) is 5.10. The van der Waals surface area contributed by atoms with Crippen molar-refractivity contribution in [3.05, 3.63) is 76.9 Å². The molecule has 3 aromatic rings. The van der Waals surface area contributed by atoms with Crippen molar-refractivity contribution in [2.45, 2.75) is 19.8 Å². The summed E-state index contributed by atoms with van der Waals surface area (Å²) in [5.74, 6) is -0.711. The molecule has 0 radical (unpaired) electrons. The van der Waals surface area contributed by atoms with E-state index in [-0.39, 0.29) is 33.8 Å². The summed E-state index contributed by atoms with van der Waals surface area (Å²) in [5, 5.41) is 20.9. The standard InChI is InChI=1S/C24H20O5/c1-2-3-13-29-15-9-7-14(8-10-15)16-11-12-18-21(22(16)26)24(28)17-5-4-6-19(25)20(17)23(18)27/h4-12,25-26H,2-3,13H2,1H3. The molecule has 2 N–H and O–H groups in total. The zero-order chi connectivity index (χ0) is 20.5. The number of hydrogen-bond donors (Lipinski definition) is 2. The van der Waals surface area contributed by atoms with Crippen molar-refractivity contribution in [1.82, 2.24) is 0 Å². The minimum atomic E-state index is -0.482. The normalized spacial score (nSPS) is 12.4. The second kappa shape index (κ2) is 7.43. The number of phenols is 2. The maximum Gasteiger partial charge on any atom is 0.198 e. The van der Waals surface area contributed by atoms with E-state index in [0.717, 1.165) is 18.6 Å². The molecule has 29 heavy (non-hydrogen) atoms. The predicted octanol–water partition coefficient (Wildman–Crippen LogP) is 4.72. The number of carbonyl (C=O) groups excluding carboxylic acids is 2. The molecule has 0 aliphatic heterocycles. The number of unbranched alkanes of at least 4 members (excludes halogenated alkanes) is 1. The van der Waals surface area contributed by atoms with Crippen molar-refractivity contribution in [2.75, 3.05) is 6.61 Å². The van der Waals surface area contributed by atoms with E-state index in [2.05, 4.69) is 6.92 Å². The van der Waals surface area contributed by atoms with E-state index in [1.165, 1.54) is 24.3 Å². The molecule has 5 heteroatoms. The second-order valence-electron chi connectivity index (χ2n) is 6.97. The summed E-state index contributed by atoms with van der Waals surface area (Å²) in [6, 6.07) is 14.7. The molecule has 0 heterocycles. The Bertz CT molecular complexity index is 1110. The zero-order valence-electron chi connectivity index (χ0n) is 15.9. The van der Waals surface area contributed by atoms with E-state index in [1.54, 1.807) is 18.2 Å². The van der Waals surface area contributed by atoms with Crippen LogP contribution in [0.3, 0.4) is 0 Å². The third kappa shape index (κ3) is 3.14. The maximum atomic E-state index is 13.0. The van der Waals surface area contributed by atoms with Gasteiger partial charge in [-0.05, 0) is 42.3 Å². The molecule has 0 spiro atoms. The second-order valence-corrected chi connectivity index (χ2v) is 6.97. The van der Waals surface area contributed by atoms with Crippen LogP contribution in [0.1, 0.15) is 51.6 Å². The number of ether oxygens (including phenoxy) is 1.